The van der Waals surface area contributed by atoms with Crippen LogP contribution in [0.15, 0.2) is 72.1 Å². The third-order valence-corrected chi connectivity index (χ3v) is 5.44. The number of benzene rings is 3. The van der Waals surface area contributed by atoms with Crippen molar-refractivity contribution in [3.8, 4) is 5.75 Å². The zero-order valence-corrected chi connectivity index (χ0v) is 20.3. The summed E-state index contributed by atoms with van der Waals surface area (Å²) in [5.41, 5.74) is 3.45. The summed E-state index contributed by atoms with van der Waals surface area (Å²) < 4.78 is 23.7. The number of hydrogen-bond acceptors (Lipinski definition) is 8. The van der Waals surface area contributed by atoms with Gasteiger partial charge in [-0.3, -0.25) is 0 Å². The van der Waals surface area contributed by atoms with Crippen LogP contribution in [0.5, 0.6) is 5.75 Å². The quantitative estimate of drug-likeness (QED) is 0.177. The summed E-state index contributed by atoms with van der Waals surface area (Å²) in [6.45, 7) is 1.67. The van der Waals surface area contributed by atoms with E-state index < -0.39 is 5.97 Å². The monoisotopic (exact) mass is 508 g/mol. The van der Waals surface area contributed by atoms with E-state index >= 15 is 0 Å². The maximum Gasteiger partial charge on any atom is 0.346 e. The van der Waals surface area contributed by atoms with E-state index in [-0.39, 0.29) is 19.0 Å². The number of carbonyl (C=O) groups is 1. The molecule has 0 atom stereocenters. The summed E-state index contributed by atoms with van der Waals surface area (Å²) in [5, 5.41) is 8.37. The number of nitrogens with zero attached hydrogens (tertiary/aromatic N) is 3. The van der Waals surface area contributed by atoms with Crippen molar-refractivity contribution in [2.75, 3.05) is 19.0 Å². The number of hydrogen-bond donors (Lipinski definition) is 1. The highest BCUT2D eigenvalue weighted by atomic mass is 35.5. The van der Waals surface area contributed by atoms with Crippen LogP contribution in [0.2, 0.25) is 5.02 Å². The zero-order valence-electron chi connectivity index (χ0n) is 19.5. The Kier molecular flexibility index (Phi) is 7.92. The van der Waals surface area contributed by atoms with Gasteiger partial charge in [0.2, 0.25) is 6.61 Å². The smallest absolute Gasteiger partial charge is 0.346 e. The molecule has 3 aromatic carbocycles. The second kappa shape index (κ2) is 11.5. The molecule has 0 aliphatic rings. The maximum absolute atomic E-state index is 13.4. The van der Waals surface area contributed by atoms with E-state index in [0.29, 0.717) is 33.6 Å². The first-order valence-corrected chi connectivity index (χ1v) is 11.2. The first-order chi connectivity index (χ1) is 17.4. The number of ether oxygens (including phenoxy) is 2. The highest BCUT2D eigenvalue weighted by Crippen LogP contribution is 2.31. The highest BCUT2D eigenvalue weighted by Gasteiger charge is 2.10. The average molecular weight is 509 g/mol. The number of fused-ring (bicyclic) bond motifs is 1. The van der Waals surface area contributed by atoms with Crippen LogP contribution < -0.4 is 10.1 Å². The fourth-order valence-corrected chi connectivity index (χ4v) is 3.53. The van der Waals surface area contributed by atoms with Gasteiger partial charge in [0.1, 0.15) is 30.3 Å². The van der Waals surface area contributed by atoms with Crippen LogP contribution >= 0.6 is 11.6 Å². The minimum absolute atomic E-state index is 0.188. The molecule has 0 amide bonds. The number of methoxy groups -OCH3 is 1. The van der Waals surface area contributed by atoms with Crippen LogP contribution in [-0.2, 0) is 21.0 Å². The van der Waals surface area contributed by atoms with E-state index in [1.807, 2.05) is 18.2 Å². The van der Waals surface area contributed by atoms with Crippen molar-refractivity contribution >= 4 is 45.7 Å². The molecule has 8 nitrogen and oxygen atoms in total. The number of carbonyl (C=O) groups excluding carboxylic acids is 1. The molecule has 10 heteroatoms. The summed E-state index contributed by atoms with van der Waals surface area (Å²) in [7, 11) is 1.28. The van der Waals surface area contributed by atoms with Crippen LogP contribution in [0, 0.1) is 5.82 Å². The number of aromatic nitrogens is 2. The predicted octanol–water partition coefficient (Wildman–Crippen LogP) is 5.66. The van der Waals surface area contributed by atoms with Gasteiger partial charge in [-0.05, 0) is 60.5 Å². The Morgan fingerprint density at radius 3 is 2.75 bits per heavy atom. The van der Waals surface area contributed by atoms with Gasteiger partial charge in [-0.2, -0.15) is 0 Å². The van der Waals surface area contributed by atoms with E-state index in [0.717, 1.165) is 16.5 Å². The summed E-state index contributed by atoms with van der Waals surface area (Å²) in [5.74, 6) is 0.195. The molecule has 0 radical (unpaired) electrons. The van der Waals surface area contributed by atoms with Crippen molar-refractivity contribution in [2.45, 2.75) is 13.5 Å². The number of nitrogens with one attached hydrogen (secondary N) is 1. The molecule has 184 valence electrons. The molecule has 1 heterocycles. The molecule has 1 N–H and O–H groups in total. The van der Waals surface area contributed by atoms with E-state index in [2.05, 4.69) is 25.2 Å². The molecule has 0 aliphatic carbocycles. The minimum atomic E-state index is -0.519. The van der Waals surface area contributed by atoms with Gasteiger partial charge in [0.25, 0.3) is 0 Å². The zero-order chi connectivity index (χ0) is 25.5. The van der Waals surface area contributed by atoms with Gasteiger partial charge in [0, 0.05) is 11.1 Å². The van der Waals surface area contributed by atoms with Gasteiger partial charge in [0.05, 0.1) is 23.4 Å². The van der Waals surface area contributed by atoms with Crippen LogP contribution in [0.25, 0.3) is 10.9 Å². The number of halogens is 2. The Morgan fingerprint density at radius 2 is 1.97 bits per heavy atom. The lowest BCUT2D eigenvalue weighted by atomic mass is 10.1. The molecule has 0 saturated heterocycles. The highest BCUT2D eigenvalue weighted by molar-refractivity contribution is 6.32. The number of esters is 1. The SMILES string of the molecule is COC(=O)CO/N=C(\C)c1ccc2ncnc(Nc3ccc(OCc4cccc(F)c4)c(Cl)c3)c2c1. The average Bonchev–Trinajstić information content (AvgIpc) is 2.88. The lowest BCUT2D eigenvalue weighted by Gasteiger charge is -2.12. The number of rotatable bonds is 9. The van der Waals surface area contributed by atoms with Gasteiger partial charge >= 0.3 is 5.97 Å². The van der Waals surface area contributed by atoms with E-state index in [9.17, 15) is 9.18 Å². The standard InChI is InChI=1S/C26H22ClFN4O4/c1-16(32-36-14-25(33)34-2)18-6-8-23-21(11-18)26(30-15-29-23)31-20-7-9-24(22(27)12-20)35-13-17-4-3-5-19(28)10-17/h3-12,15H,13-14H2,1-2H3,(H,29,30,31)/b32-16+. The van der Waals surface area contributed by atoms with Crippen molar-refractivity contribution in [3.63, 3.8) is 0 Å². The Bertz CT molecular complexity index is 1430. The number of anilines is 2. The Hall–Kier alpha value is -4.24. The normalized spacial score (nSPS) is 11.3. The molecular weight excluding hydrogens is 487 g/mol. The fraction of sp³-hybridized carbons (Fsp3) is 0.154. The molecule has 4 aromatic rings. The predicted molar refractivity (Wildman–Crippen MR) is 135 cm³/mol. The number of oxime groups is 1. The lowest BCUT2D eigenvalue weighted by Crippen LogP contribution is -2.08. The largest absolute Gasteiger partial charge is 0.487 e. The molecule has 0 saturated carbocycles. The topological polar surface area (TPSA) is 94.9 Å². The van der Waals surface area contributed by atoms with E-state index in [4.69, 9.17) is 21.2 Å². The Labute approximate surface area is 211 Å². The molecule has 36 heavy (non-hydrogen) atoms. The molecule has 0 unspecified atom stereocenters. The van der Waals surface area contributed by atoms with Gasteiger partial charge in [-0.25, -0.2) is 19.2 Å². The van der Waals surface area contributed by atoms with E-state index in [1.165, 1.54) is 25.6 Å². The second-order valence-electron chi connectivity index (χ2n) is 7.67. The van der Waals surface area contributed by atoms with Gasteiger partial charge in [-0.15, -0.1) is 0 Å². The molecular formula is C26H22ClFN4O4. The summed E-state index contributed by atoms with van der Waals surface area (Å²) >= 11 is 6.43. The molecule has 0 bridgehead atoms. The Morgan fingerprint density at radius 1 is 1.11 bits per heavy atom. The van der Waals surface area contributed by atoms with Crippen molar-refractivity contribution in [1.82, 2.24) is 9.97 Å². The van der Waals surface area contributed by atoms with Crippen LogP contribution in [0.4, 0.5) is 15.9 Å². The van der Waals surface area contributed by atoms with E-state index in [1.54, 1.807) is 37.3 Å². The van der Waals surface area contributed by atoms with Gasteiger partial charge in [0.15, 0.2) is 0 Å². The maximum atomic E-state index is 13.4. The second-order valence-corrected chi connectivity index (χ2v) is 8.08. The molecule has 4 rings (SSSR count). The summed E-state index contributed by atoms with van der Waals surface area (Å²) in [6, 6.07) is 17.0. The summed E-state index contributed by atoms with van der Waals surface area (Å²) in [6.07, 6.45) is 1.46. The van der Waals surface area contributed by atoms with Crippen molar-refractivity contribution < 1.29 is 23.5 Å². The molecule has 0 spiro atoms. The van der Waals surface area contributed by atoms with Crippen molar-refractivity contribution in [1.29, 1.82) is 0 Å². The lowest BCUT2D eigenvalue weighted by molar-refractivity contribution is -0.145. The third-order valence-electron chi connectivity index (χ3n) is 5.14. The van der Waals surface area contributed by atoms with Crippen LogP contribution in [-0.4, -0.2) is 35.4 Å². The van der Waals surface area contributed by atoms with Crippen LogP contribution in [0.1, 0.15) is 18.1 Å². The fourth-order valence-electron chi connectivity index (χ4n) is 3.29. The third kappa shape index (κ3) is 6.25. The molecule has 0 aliphatic heterocycles. The first-order valence-electron chi connectivity index (χ1n) is 10.9. The summed E-state index contributed by atoms with van der Waals surface area (Å²) in [4.78, 5) is 24.9. The van der Waals surface area contributed by atoms with Crippen molar-refractivity contribution in [3.05, 3.63) is 89.0 Å². The van der Waals surface area contributed by atoms with Gasteiger partial charge < -0.3 is 19.6 Å². The molecule has 0 fully saturated rings. The minimum Gasteiger partial charge on any atom is -0.487 e. The van der Waals surface area contributed by atoms with Crippen LogP contribution in [0.3, 0.4) is 0 Å². The Balaban J connectivity index is 1.51. The first kappa shape index (κ1) is 24.9. The molecule has 1 aromatic heterocycles. The van der Waals surface area contributed by atoms with Crippen molar-refractivity contribution in [2.24, 2.45) is 5.16 Å². The van der Waals surface area contributed by atoms with Gasteiger partial charge in [-0.1, -0.05) is 35.0 Å².